The molecule has 0 amide bonds. The molecule has 16 heavy (non-hydrogen) atoms. The molecule has 2 rings (SSSR count). The van der Waals surface area contributed by atoms with Gasteiger partial charge in [0.15, 0.2) is 0 Å². The van der Waals surface area contributed by atoms with Crippen molar-refractivity contribution in [2.75, 3.05) is 5.73 Å². The molecule has 0 saturated heterocycles. The molecule has 82 valence electrons. The first kappa shape index (κ1) is 10.8. The number of benzene rings is 2. The molecule has 2 aromatic rings. The van der Waals surface area contributed by atoms with Crippen LogP contribution < -0.4 is 10.5 Å². The van der Waals surface area contributed by atoms with Crippen LogP contribution in [-0.4, -0.2) is 0 Å². The van der Waals surface area contributed by atoms with E-state index in [4.69, 9.17) is 10.5 Å². The van der Waals surface area contributed by atoms with E-state index >= 15 is 0 Å². The molecule has 0 unspecified atom stereocenters. The predicted molar refractivity (Wildman–Crippen MR) is 64.3 cm³/mol. The van der Waals surface area contributed by atoms with Gasteiger partial charge < -0.3 is 10.5 Å². The zero-order valence-electron chi connectivity index (χ0n) is 8.39. The molecule has 2 N–H and O–H groups in total. The lowest BCUT2D eigenvalue weighted by Gasteiger charge is -2.05. The van der Waals surface area contributed by atoms with E-state index < -0.39 is 0 Å². The van der Waals surface area contributed by atoms with Gasteiger partial charge in [-0.1, -0.05) is 0 Å². The van der Waals surface area contributed by atoms with Crippen LogP contribution in [0.15, 0.2) is 53.4 Å². The monoisotopic (exact) mass is 235 g/mol. The minimum Gasteiger partial charge on any atom is -0.457 e. The Balaban J connectivity index is 2.11. The van der Waals surface area contributed by atoms with Gasteiger partial charge in [-0.15, -0.1) is 0 Å². The first-order chi connectivity index (χ1) is 7.78. The number of nitrogens with two attached hydrogens (primary N) is 1. The quantitative estimate of drug-likeness (QED) is 0.815. The first-order valence-corrected chi connectivity index (χ1v) is 5.41. The molecule has 4 heteroatoms. The number of hydrogen-bond donors (Lipinski definition) is 1. The van der Waals surface area contributed by atoms with Crippen LogP contribution in [0.2, 0.25) is 0 Å². The average Bonchev–Trinajstić information content (AvgIpc) is 2.33. The van der Waals surface area contributed by atoms with E-state index in [1.54, 1.807) is 48.5 Å². The molecule has 0 aliphatic heterocycles. The molecule has 0 aliphatic carbocycles. The van der Waals surface area contributed by atoms with Gasteiger partial charge in [-0.05, 0) is 48.5 Å². The minimum atomic E-state index is 0.214. The lowest BCUT2D eigenvalue weighted by molar-refractivity contribution is 0.482. The van der Waals surface area contributed by atoms with Crippen LogP contribution in [0.1, 0.15) is 0 Å². The number of anilines is 1. The summed E-state index contributed by atoms with van der Waals surface area (Å²) in [6, 6.07) is 13.9. The van der Waals surface area contributed by atoms with Gasteiger partial charge in [-0.2, -0.15) is 3.89 Å². The highest BCUT2D eigenvalue weighted by Crippen LogP contribution is 2.25. The highest BCUT2D eigenvalue weighted by molar-refractivity contribution is 7.94. The third-order valence-corrected chi connectivity index (χ3v) is 2.48. The standard InChI is InChI=1S/C12H10FNOS/c13-16-12-7-5-11(6-8-12)15-10-3-1-9(14)2-4-10/h1-8H,14H2. The van der Waals surface area contributed by atoms with Crippen molar-refractivity contribution in [2.24, 2.45) is 0 Å². The van der Waals surface area contributed by atoms with Gasteiger partial charge in [0.05, 0.1) is 12.1 Å². The Bertz CT molecular complexity index is 455. The van der Waals surface area contributed by atoms with Crippen LogP contribution in [0, 0.1) is 0 Å². The largest absolute Gasteiger partial charge is 0.457 e. The van der Waals surface area contributed by atoms with Gasteiger partial charge in [0.1, 0.15) is 11.5 Å². The molecule has 0 aliphatic rings. The summed E-state index contributed by atoms with van der Waals surface area (Å²) in [6.07, 6.45) is 0. The second-order valence-corrected chi connectivity index (χ2v) is 3.85. The summed E-state index contributed by atoms with van der Waals surface area (Å²) >= 11 is 0.214. The number of halogens is 1. The molecule has 2 aromatic carbocycles. The SMILES string of the molecule is Nc1ccc(Oc2ccc(SF)cc2)cc1. The molecule has 0 atom stereocenters. The van der Waals surface area contributed by atoms with Gasteiger partial charge >= 0.3 is 0 Å². The zero-order valence-corrected chi connectivity index (χ0v) is 9.21. The van der Waals surface area contributed by atoms with Crippen molar-refractivity contribution >= 4 is 17.8 Å². The molecular formula is C12H10FNOS. The van der Waals surface area contributed by atoms with Crippen molar-refractivity contribution < 1.29 is 8.62 Å². The van der Waals surface area contributed by atoms with E-state index in [0.717, 1.165) is 0 Å². The van der Waals surface area contributed by atoms with Gasteiger partial charge in [0.25, 0.3) is 0 Å². The Morgan fingerprint density at radius 2 is 1.38 bits per heavy atom. The van der Waals surface area contributed by atoms with E-state index in [9.17, 15) is 3.89 Å². The fourth-order valence-electron chi connectivity index (χ4n) is 1.23. The summed E-state index contributed by atoms with van der Waals surface area (Å²) in [6.45, 7) is 0. The predicted octanol–water partition coefficient (Wildman–Crippen LogP) is 4.04. The highest BCUT2D eigenvalue weighted by Gasteiger charge is 1.98. The highest BCUT2D eigenvalue weighted by atomic mass is 32.2. The van der Waals surface area contributed by atoms with E-state index in [2.05, 4.69) is 0 Å². The molecule has 2 nitrogen and oxygen atoms in total. The molecule has 0 radical (unpaired) electrons. The summed E-state index contributed by atoms with van der Waals surface area (Å²) in [5.41, 5.74) is 6.25. The number of ether oxygens (including phenoxy) is 1. The van der Waals surface area contributed by atoms with Crippen LogP contribution in [0.3, 0.4) is 0 Å². The van der Waals surface area contributed by atoms with Crippen LogP contribution in [0.5, 0.6) is 11.5 Å². The summed E-state index contributed by atoms with van der Waals surface area (Å²) in [5, 5.41) is 0. The minimum absolute atomic E-state index is 0.214. The maximum Gasteiger partial charge on any atom is 0.127 e. The molecular weight excluding hydrogens is 225 g/mol. The lowest BCUT2D eigenvalue weighted by atomic mass is 10.3. The molecule has 0 bridgehead atoms. The molecule has 0 aromatic heterocycles. The molecule has 0 heterocycles. The Kier molecular flexibility index (Phi) is 3.31. The van der Waals surface area contributed by atoms with E-state index in [1.165, 1.54) is 0 Å². The van der Waals surface area contributed by atoms with E-state index in [1.807, 2.05) is 0 Å². The van der Waals surface area contributed by atoms with E-state index in [0.29, 0.717) is 22.1 Å². The van der Waals surface area contributed by atoms with Crippen molar-refractivity contribution in [3.63, 3.8) is 0 Å². The maximum absolute atomic E-state index is 12.2. The zero-order chi connectivity index (χ0) is 11.4. The second kappa shape index (κ2) is 4.90. The summed E-state index contributed by atoms with van der Waals surface area (Å²) in [7, 11) is 0. The van der Waals surface area contributed by atoms with Crippen LogP contribution in [-0.2, 0) is 0 Å². The van der Waals surface area contributed by atoms with Gasteiger partial charge in [-0.25, -0.2) is 0 Å². The average molecular weight is 235 g/mol. The fourth-order valence-corrected chi connectivity index (χ4v) is 1.47. The normalized spacial score (nSPS) is 10.1. The van der Waals surface area contributed by atoms with Crippen molar-refractivity contribution in [3.8, 4) is 11.5 Å². The van der Waals surface area contributed by atoms with Crippen molar-refractivity contribution in [1.29, 1.82) is 0 Å². The lowest BCUT2D eigenvalue weighted by Crippen LogP contribution is -1.86. The van der Waals surface area contributed by atoms with Gasteiger partial charge in [0, 0.05) is 10.6 Å². The number of rotatable bonds is 3. The Hall–Kier alpha value is -1.68. The van der Waals surface area contributed by atoms with Crippen LogP contribution in [0.4, 0.5) is 9.57 Å². The Morgan fingerprint density at radius 3 is 1.88 bits per heavy atom. The Morgan fingerprint density at radius 1 is 0.875 bits per heavy atom. The second-order valence-electron chi connectivity index (χ2n) is 3.22. The van der Waals surface area contributed by atoms with Crippen LogP contribution >= 0.6 is 12.1 Å². The first-order valence-electron chi connectivity index (χ1n) is 4.70. The molecule has 0 fully saturated rings. The Labute approximate surface area is 97.5 Å². The smallest absolute Gasteiger partial charge is 0.127 e. The molecule has 0 spiro atoms. The maximum atomic E-state index is 12.2. The third kappa shape index (κ3) is 2.67. The summed E-state index contributed by atoms with van der Waals surface area (Å²) in [5.74, 6) is 1.37. The van der Waals surface area contributed by atoms with Crippen molar-refractivity contribution in [2.45, 2.75) is 4.90 Å². The summed E-state index contributed by atoms with van der Waals surface area (Å²) in [4.78, 5) is 0.560. The van der Waals surface area contributed by atoms with Crippen molar-refractivity contribution in [3.05, 3.63) is 48.5 Å². The van der Waals surface area contributed by atoms with Gasteiger partial charge in [0.2, 0.25) is 0 Å². The van der Waals surface area contributed by atoms with Crippen molar-refractivity contribution in [1.82, 2.24) is 0 Å². The topological polar surface area (TPSA) is 35.2 Å². The fraction of sp³-hybridized carbons (Fsp3) is 0. The number of hydrogen-bond acceptors (Lipinski definition) is 3. The van der Waals surface area contributed by atoms with Gasteiger partial charge in [-0.3, -0.25) is 0 Å². The third-order valence-electron chi connectivity index (χ3n) is 2.03. The molecule has 0 saturated carbocycles. The van der Waals surface area contributed by atoms with E-state index in [-0.39, 0.29) is 12.1 Å². The van der Waals surface area contributed by atoms with Crippen LogP contribution in [0.25, 0.3) is 0 Å². The number of nitrogen functional groups attached to an aromatic ring is 1. The summed E-state index contributed by atoms with van der Waals surface area (Å²) < 4.78 is 17.7.